The number of unbranched alkanes of at least 4 members (excludes halogenated alkanes) is 4. The Labute approximate surface area is 131 Å². The minimum atomic E-state index is -0.833. The van der Waals surface area contributed by atoms with Gasteiger partial charge in [-0.2, -0.15) is 0 Å². The number of carboxylic acids is 1. The summed E-state index contributed by atoms with van der Waals surface area (Å²) < 4.78 is 11.6. The Morgan fingerprint density at radius 2 is 1.73 bits per heavy atom. The van der Waals surface area contributed by atoms with E-state index in [-0.39, 0.29) is 5.75 Å². The van der Waals surface area contributed by atoms with Crippen LogP contribution >= 0.6 is 0 Å². The summed E-state index contributed by atoms with van der Waals surface area (Å²) >= 11 is 0. The molecule has 2 rings (SSSR count). The smallest absolute Gasteiger partial charge is 0.300 e. The predicted molar refractivity (Wildman–Crippen MR) is 84.5 cm³/mol. The number of rotatable bonds is 6. The molecule has 1 atom stereocenters. The van der Waals surface area contributed by atoms with Crippen LogP contribution in [0.4, 0.5) is 0 Å². The van der Waals surface area contributed by atoms with Gasteiger partial charge < -0.3 is 19.7 Å². The summed E-state index contributed by atoms with van der Waals surface area (Å²) in [6.07, 6.45) is 7.04. The molecule has 0 aromatic heterocycles. The number of phenolic OH excluding ortho intramolecular Hbond substituents is 1. The molecule has 0 saturated carbocycles. The molecule has 124 valence electrons. The highest BCUT2D eigenvalue weighted by atomic mass is 16.7. The molecule has 0 amide bonds. The normalized spacial score (nSPS) is 18.5. The van der Waals surface area contributed by atoms with Crippen molar-refractivity contribution >= 4 is 5.97 Å². The van der Waals surface area contributed by atoms with Crippen LogP contribution in [-0.2, 0) is 4.79 Å². The van der Waals surface area contributed by atoms with Crippen molar-refractivity contribution in [2.24, 2.45) is 0 Å². The second-order valence-electron chi connectivity index (χ2n) is 5.65. The monoisotopic (exact) mass is 310 g/mol. The molecule has 1 aliphatic heterocycles. The number of benzene rings is 1. The molecule has 2 N–H and O–H groups in total. The van der Waals surface area contributed by atoms with E-state index < -0.39 is 11.8 Å². The number of aromatic hydroxyl groups is 1. The number of carbonyl (C=O) groups is 1. The van der Waals surface area contributed by atoms with Crippen molar-refractivity contribution in [3.63, 3.8) is 0 Å². The average Bonchev–Trinajstić information content (AvgIpc) is 2.73. The van der Waals surface area contributed by atoms with Gasteiger partial charge >= 0.3 is 0 Å². The third-order valence-corrected chi connectivity index (χ3v) is 3.31. The highest BCUT2D eigenvalue weighted by Crippen LogP contribution is 2.42. The molecule has 1 unspecified atom stereocenters. The highest BCUT2D eigenvalue weighted by Gasteiger charge is 2.36. The van der Waals surface area contributed by atoms with Crippen molar-refractivity contribution in [1.82, 2.24) is 0 Å². The molecule has 0 fully saturated rings. The molecule has 1 aliphatic rings. The Kier molecular flexibility index (Phi) is 7.02. The van der Waals surface area contributed by atoms with Gasteiger partial charge in [-0.25, -0.2) is 0 Å². The van der Waals surface area contributed by atoms with Crippen LogP contribution in [0.15, 0.2) is 18.2 Å². The van der Waals surface area contributed by atoms with Crippen molar-refractivity contribution in [2.75, 3.05) is 0 Å². The first-order valence-electron chi connectivity index (χ1n) is 7.77. The summed E-state index contributed by atoms with van der Waals surface area (Å²) in [4.78, 5) is 9.00. The van der Waals surface area contributed by atoms with E-state index in [0.29, 0.717) is 5.75 Å². The minimum absolute atomic E-state index is 0.213. The average molecular weight is 310 g/mol. The van der Waals surface area contributed by atoms with Crippen molar-refractivity contribution in [1.29, 1.82) is 0 Å². The fraction of sp³-hybridized carbons (Fsp3) is 0.588. The highest BCUT2D eigenvalue weighted by molar-refractivity contribution is 5.62. The van der Waals surface area contributed by atoms with E-state index in [0.717, 1.165) is 25.5 Å². The van der Waals surface area contributed by atoms with Crippen LogP contribution in [0, 0.1) is 0 Å². The lowest BCUT2D eigenvalue weighted by Crippen LogP contribution is -2.34. The maximum atomic E-state index is 9.40. The molecule has 5 heteroatoms. The third-order valence-electron chi connectivity index (χ3n) is 3.31. The van der Waals surface area contributed by atoms with Crippen LogP contribution in [0.1, 0.15) is 59.3 Å². The Hall–Kier alpha value is -1.91. The zero-order chi connectivity index (χ0) is 16.6. The van der Waals surface area contributed by atoms with Gasteiger partial charge in [-0.15, -0.1) is 0 Å². The van der Waals surface area contributed by atoms with Crippen LogP contribution in [0.2, 0.25) is 0 Å². The van der Waals surface area contributed by atoms with Gasteiger partial charge in [0.1, 0.15) is 5.75 Å². The molecular formula is C17H26O5. The minimum Gasteiger partial charge on any atom is -0.508 e. The molecular weight excluding hydrogens is 284 g/mol. The first-order valence-corrected chi connectivity index (χ1v) is 7.77. The van der Waals surface area contributed by atoms with Gasteiger partial charge in [0.15, 0.2) is 11.5 Å². The van der Waals surface area contributed by atoms with E-state index in [1.165, 1.54) is 25.7 Å². The van der Waals surface area contributed by atoms with Crippen LogP contribution in [0.25, 0.3) is 0 Å². The topological polar surface area (TPSA) is 76.0 Å². The molecule has 0 saturated heterocycles. The van der Waals surface area contributed by atoms with Gasteiger partial charge in [-0.3, -0.25) is 4.79 Å². The Bertz CT molecular complexity index is 482. The summed E-state index contributed by atoms with van der Waals surface area (Å²) in [6, 6.07) is 4.99. The number of fused-ring (bicyclic) bond motifs is 1. The Morgan fingerprint density at radius 3 is 2.36 bits per heavy atom. The third kappa shape index (κ3) is 6.24. The summed E-state index contributed by atoms with van der Waals surface area (Å²) in [5.74, 6) is 0.182. The zero-order valence-corrected chi connectivity index (χ0v) is 13.6. The molecule has 1 aromatic carbocycles. The molecule has 22 heavy (non-hydrogen) atoms. The van der Waals surface area contributed by atoms with Gasteiger partial charge in [0.05, 0.1) is 0 Å². The zero-order valence-electron chi connectivity index (χ0n) is 13.6. The van der Waals surface area contributed by atoms with Crippen LogP contribution in [-0.4, -0.2) is 22.0 Å². The largest absolute Gasteiger partial charge is 0.508 e. The van der Waals surface area contributed by atoms with Gasteiger partial charge in [0.25, 0.3) is 5.97 Å². The standard InChI is InChI=1S/C15H22O3.C2H4O2/c1-3-4-5-6-7-10-15(2)17-13-9-8-12(16)11-14(13)18-15;1-2(3)4/h8-9,11,16H,3-7,10H2,1-2H3;1H3,(H,3,4). The van der Waals surface area contributed by atoms with Gasteiger partial charge in [0.2, 0.25) is 5.79 Å². The van der Waals surface area contributed by atoms with Gasteiger partial charge in [-0.1, -0.05) is 32.6 Å². The molecule has 0 spiro atoms. The van der Waals surface area contributed by atoms with Crippen molar-refractivity contribution < 1.29 is 24.5 Å². The maximum absolute atomic E-state index is 9.40. The number of hydrogen-bond donors (Lipinski definition) is 2. The second-order valence-corrected chi connectivity index (χ2v) is 5.65. The Morgan fingerprint density at radius 1 is 1.14 bits per heavy atom. The number of hydrogen-bond acceptors (Lipinski definition) is 4. The summed E-state index contributed by atoms with van der Waals surface area (Å²) in [5.41, 5.74) is 0. The number of aliphatic carboxylic acids is 1. The quantitative estimate of drug-likeness (QED) is 0.765. The summed E-state index contributed by atoms with van der Waals surface area (Å²) in [6.45, 7) is 5.26. The molecule has 0 bridgehead atoms. The van der Waals surface area contributed by atoms with E-state index in [4.69, 9.17) is 19.4 Å². The number of phenols is 1. The lowest BCUT2D eigenvalue weighted by molar-refractivity contribution is -0.134. The molecule has 1 aromatic rings. The van der Waals surface area contributed by atoms with Gasteiger partial charge in [-0.05, 0) is 18.6 Å². The van der Waals surface area contributed by atoms with Crippen molar-refractivity contribution in [3.8, 4) is 17.2 Å². The SMILES string of the molecule is CC(=O)O.CCCCCCCC1(C)Oc2ccc(O)cc2O1. The summed E-state index contributed by atoms with van der Waals surface area (Å²) in [5, 5.41) is 16.8. The Balaban J connectivity index is 0.000000541. The fourth-order valence-corrected chi connectivity index (χ4v) is 2.30. The number of carboxylic acid groups (broad SMARTS) is 1. The van der Waals surface area contributed by atoms with E-state index in [9.17, 15) is 5.11 Å². The summed E-state index contributed by atoms with van der Waals surface area (Å²) in [7, 11) is 0. The van der Waals surface area contributed by atoms with E-state index in [1.807, 2.05) is 6.92 Å². The van der Waals surface area contributed by atoms with E-state index in [1.54, 1.807) is 18.2 Å². The van der Waals surface area contributed by atoms with E-state index in [2.05, 4.69) is 6.92 Å². The molecule has 5 nitrogen and oxygen atoms in total. The van der Waals surface area contributed by atoms with Gasteiger partial charge in [0, 0.05) is 26.3 Å². The van der Waals surface area contributed by atoms with Crippen molar-refractivity contribution in [2.45, 2.75) is 65.1 Å². The maximum Gasteiger partial charge on any atom is 0.300 e. The first kappa shape index (κ1) is 18.1. The first-order chi connectivity index (χ1) is 10.4. The van der Waals surface area contributed by atoms with Crippen LogP contribution in [0.5, 0.6) is 17.2 Å². The molecule has 1 heterocycles. The van der Waals surface area contributed by atoms with Crippen molar-refractivity contribution in [3.05, 3.63) is 18.2 Å². The molecule has 0 radical (unpaired) electrons. The fourth-order valence-electron chi connectivity index (χ4n) is 2.30. The lowest BCUT2D eigenvalue weighted by atomic mass is 10.1. The predicted octanol–water partition coefficient (Wildman–Crippen LogP) is 4.33. The number of ether oxygens (including phenoxy) is 2. The van der Waals surface area contributed by atoms with Crippen LogP contribution < -0.4 is 9.47 Å². The second kappa shape index (κ2) is 8.51. The van der Waals surface area contributed by atoms with Crippen LogP contribution in [0.3, 0.4) is 0 Å². The lowest BCUT2D eigenvalue weighted by Gasteiger charge is -2.22. The van der Waals surface area contributed by atoms with E-state index >= 15 is 0 Å². The molecule has 0 aliphatic carbocycles.